The average molecular weight is 334 g/mol. The molecule has 1 fully saturated rings. The summed E-state index contributed by atoms with van der Waals surface area (Å²) in [6.45, 7) is 9.02. The van der Waals surface area contributed by atoms with E-state index in [-0.39, 0.29) is 18.1 Å². The monoisotopic (exact) mass is 334 g/mol. The number of carbonyl (C=O) groups is 2. The Labute approximate surface area is 143 Å². The maximum absolute atomic E-state index is 12.3. The number of hydroxylamine groups is 2. The van der Waals surface area contributed by atoms with Gasteiger partial charge in [0.2, 0.25) is 0 Å². The topological polar surface area (TPSA) is 59.1 Å². The standard InChI is InChI=1S/C18H26N2O4/c1-14-10-11-19(24-16(21)15-8-6-5-7-9-15)12-13-20(14)17(22)23-18(2,3)4/h5-9,14H,10-13H2,1-4H3. The summed E-state index contributed by atoms with van der Waals surface area (Å²) in [6, 6.07) is 8.91. The number of hydrogen-bond acceptors (Lipinski definition) is 5. The number of benzene rings is 1. The molecule has 6 nitrogen and oxygen atoms in total. The lowest BCUT2D eigenvalue weighted by Crippen LogP contribution is -2.43. The molecule has 1 amide bonds. The summed E-state index contributed by atoms with van der Waals surface area (Å²) in [5.41, 5.74) is -0.0125. The van der Waals surface area contributed by atoms with E-state index < -0.39 is 5.60 Å². The Morgan fingerprint density at radius 2 is 1.75 bits per heavy atom. The zero-order chi connectivity index (χ0) is 17.7. The molecule has 2 rings (SSSR count). The van der Waals surface area contributed by atoms with Crippen molar-refractivity contribution in [1.29, 1.82) is 0 Å². The third-order valence-electron chi connectivity index (χ3n) is 3.77. The van der Waals surface area contributed by atoms with Crippen LogP contribution in [0.1, 0.15) is 44.5 Å². The van der Waals surface area contributed by atoms with Crippen molar-refractivity contribution in [3.05, 3.63) is 35.9 Å². The molecule has 1 atom stereocenters. The minimum Gasteiger partial charge on any atom is -0.444 e. The van der Waals surface area contributed by atoms with Crippen molar-refractivity contribution in [3.8, 4) is 0 Å². The highest BCUT2D eigenvalue weighted by molar-refractivity contribution is 5.89. The lowest BCUT2D eigenvalue weighted by molar-refractivity contribution is -0.106. The summed E-state index contributed by atoms with van der Waals surface area (Å²) in [5, 5.41) is 1.62. The van der Waals surface area contributed by atoms with Gasteiger partial charge in [-0.1, -0.05) is 18.2 Å². The fourth-order valence-electron chi connectivity index (χ4n) is 2.47. The second-order valence-corrected chi connectivity index (χ2v) is 6.99. The first-order valence-electron chi connectivity index (χ1n) is 8.28. The third kappa shape index (κ3) is 5.23. The van der Waals surface area contributed by atoms with Crippen LogP contribution >= 0.6 is 0 Å². The van der Waals surface area contributed by atoms with Crippen molar-refractivity contribution < 1.29 is 19.2 Å². The Kier molecular flexibility index (Phi) is 5.83. The highest BCUT2D eigenvalue weighted by Crippen LogP contribution is 2.17. The molecule has 1 aliphatic rings. The fraction of sp³-hybridized carbons (Fsp3) is 0.556. The van der Waals surface area contributed by atoms with Crippen LogP contribution in [-0.4, -0.2) is 53.3 Å². The minimum absolute atomic E-state index is 0.0280. The molecule has 1 heterocycles. The summed E-state index contributed by atoms with van der Waals surface area (Å²) < 4.78 is 5.45. The molecule has 0 aromatic heterocycles. The van der Waals surface area contributed by atoms with Gasteiger partial charge in [0.15, 0.2) is 0 Å². The molecule has 0 aliphatic carbocycles. The Hall–Kier alpha value is -2.08. The van der Waals surface area contributed by atoms with Gasteiger partial charge in [0.1, 0.15) is 5.60 Å². The highest BCUT2D eigenvalue weighted by atomic mass is 16.7. The first kappa shape index (κ1) is 18.3. The summed E-state index contributed by atoms with van der Waals surface area (Å²) >= 11 is 0. The van der Waals surface area contributed by atoms with Gasteiger partial charge in [-0.25, -0.2) is 9.59 Å². The molecule has 6 heteroatoms. The van der Waals surface area contributed by atoms with E-state index in [0.717, 1.165) is 0 Å². The molecule has 1 unspecified atom stereocenters. The second kappa shape index (κ2) is 7.66. The number of amides is 1. The largest absolute Gasteiger partial charge is 0.444 e. The van der Waals surface area contributed by atoms with Crippen molar-refractivity contribution in [2.75, 3.05) is 19.6 Å². The van der Waals surface area contributed by atoms with Crippen LogP contribution in [0.5, 0.6) is 0 Å². The normalized spacial score (nSPS) is 19.5. The van der Waals surface area contributed by atoms with Crippen LogP contribution in [0.15, 0.2) is 30.3 Å². The van der Waals surface area contributed by atoms with Crippen molar-refractivity contribution in [3.63, 3.8) is 0 Å². The van der Waals surface area contributed by atoms with Gasteiger partial charge in [0.05, 0.1) is 12.1 Å². The lowest BCUT2D eigenvalue weighted by atomic mass is 10.2. The minimum atomic E-state index is -0.525. The average Bonchev–Trinajstić information content (AvgIpc) is 2.68. The van der Waals surface area contributed by atoms with Crippen LogP contribution in [0.3, 0.4) is 0 Å². The number of nitrogens with zero attached hydrogens (tertiary/aromatic N) is 2. The third-order valence-corrected chi connectivity index (χ3v) is 3.77. The van der Waals surface area contributed by atoms with Crippen LogP contribution in [0.2, 0.25) is 0 Å². The molecule has 0 saturated carbocycles. The maximum Gasteiger partial charge on any atom is 0.410 e. The molecule has 132 valence electrons. The van der Waals surface area contributed by atoms with Gasteiger partial charge >= 0.3 is 12.1 Å². The van der Waals surface area contributed by atoms with Crippen LogP contribution in [0.4, 0.5) is 4.79 Å². The molecule has 1 aliphatic heterocycles. The smallest absolute Gasteiger partial charge is 0.410 e. The summed E-state index contributed by atoms with van der Waals surface area (Å²) in [6.07, 6.45) is 0.382. The molecule has 1 saturated heterocycles. The van der Waals surface area contributed by atoms with Crippen LogP contribution in [0, 0.1) is 0 Å². The molecular formula is C18H26N2O4. The van der Waals surface area contributed by atoms with E-state index in [0.29, 0.717) is 31.6 Å². The first-order chi connectivity index (χ1) is 11.3. The van der Waals surface area contributed by atoms with Gasteiger partial charge < -0.3 is 14.5 Å². The zero-order valence-electron chi connectivity index (χ0n) is 14.8. The first-order valence-corrected chi connectivity index (χ1v) is 8.28. The number of hydrogen-bond donors (Lipinski definition) is 0. The Morgan fingerprint density at radius 3 is 2.38 bits per heavy atom. The van der Waals surface area contributed by atoms with Gasteiger partial charge in [0, 0.05) is 19.1 Å². The molecular weight excluding hydrogens is 308 g/mol. The molecule has 0 spiro atoms. The molecule has 0 N–H and O–H groups in total. The van der Waals surface area contributed by atoms with Gasteiger partial charge in [-0.2, -0.15) is 0 Å². The molecule has 24 heavy (non-hydrogen) atoms. The van der Waals surface area contributed by atoms with Crippen molar-refractivity contribution in [2.24, 2.45) is 0 Å². The van der Waals surface area contributed by atoms with Crippen LogP contribution < -0.4 is 0 Å². The Morgan fingerprint density at radius 1 is 1.08 bits per heavy atom. The van der Waals surface area contributed by atoms with Crippen LogP contribution in [0.25, 0.3) is 0 Å². The Bertz CT molecular complexity index is 568. The number of ether oxygens (including phenoxy) is 1. The lowest BCUT2D eigenvalue weighted by Gasteiger charge is -2.30. The highest BCUT2D eigenvalue weighted by Gasteiger charge is 2.29. The predicted octanol–water partition coefficient (Wildman–Crippen LogP) is 3.09. The van der Waals surface area contributed by atoms with E-state index in [4.69, 9.17) is 9.57 Å². The van der Waals surface area contributed by atoms with Crippen molar-refractivity contribution in [2.45, 2.75) is 45.8 Å². The quantitative estimate of drug-likeness (QED) is 0.832. The summed E-state index contributed by atoms with van der Waals surface area (Å²) in [7, 11) is 0. The fourth-order valence-corrected chi connectivity index (χ4v) is 2.47. The van der Waals surface area contributed by atoms with Gasteiger partial charge in [-0.3, -0.25) is 0 Å². The zero-order valence-corrected chi connectivity index (χ0v) is 14.8. The summed E-state index contributed by atoms with van der Waals surface area (Å²) in [5.74, 6) is -0.381. The summed E-state index contributed by atoms with van der Waals surface area (Å²) in [4.78, 5) is 31.6. The van der Waals surface area contributed by atoms with Crippen molar-refractivity contribution in [1.82, 2.24) is 9.96 Å². The van der Waals surface area contributed by atoms with Crippen LogP contribution in [-0.2, 0) is 9.57 Å². The molecule has 1 aromatic carbocycles. The van der Waals surface area contributed by atoms with E-state index in [1.807, 2.05) is 33.8 Å². The van der Waals surface area contributed by atoms with Crippen molar-refractivity contribution >= 4 is 12.1 Å². The molecule has 0 radical (unpaired) electrons. The van der Waals surface area contributed by atoms with Gasteiger partial charge in [0.25, 0.3) is 0 Å². The Balaban J connectivity index is 1.94. The second-order valence-electron chi connectivity index (χ2n) is 6.99. The van der Waals surface area contributed by atoms with Gasteiger partial charge in [-0.05, 0) is 46.2 Å². The van der Waals surface area contributed by atoms with E-state index in [2.05, 4.69) is 0 Å². The maximum atomic E-state index is 12.3. The number of carbonyl (C=O) groups excluding carboxylic acids is 2. The van der Waals surface area contributed by atoms with E-state index in [1.54, 1.807) is 34.2 Å². The van der Waals surface area contributed by atoms with E-state index >= 15 is 0 Å². The molecule has 0 bridgehead atoms. The van der Waals surface area contributed by atoms with E-state index in [1.165, 1.54) is 0 Å². The van der Waals surface area contributed by atoms with E-state index in [9.17, 15) is 9.59 Å². The number of rotatable bonds is 2. The SMILES string of the molecule is CC1CCN(OC(=O)c2ccccc2)CCN1C(=O)OC(C)(C)C. The van der Waals surface area contributed by atoms with Gasteiger partial charge in [-0.15, -0.1) is 5.06 Å². The molecule has 1 aromatic rings. The predicted molar refractivity (Wildman–Crippen MR) is 90.4 cm³/mol.